The molecule has 3 N–H and O–H groups in total. The van der Waals surface area contributed by atoms with Crippen molar-refractivity contribution >= 4 is 12.2 Å². The number of nitrogens with one attached hydrogen (secondary N) is 1. The number of methoxy groups -OCH3 is 2. The predicted molar refractivity (Wildman–Crippen MR) is 107 cm³/mol. The van der Waals surface area contributed by atoms with Gasteiger partial charge in [0.1, 0.15) is 6.29 Å². The maximum atomic E-state index is 11.9. The Morgan fingerprint density at radius 3 is 2.41 bits per heavy atom. The highest BCUT2D eigenvalue weighted by Gasteiger charge is 2.18. The van der Waals surface area contributed by atoms with Gasteiger partial charge < -0.3 is 25.3 Å². The average Bonchev–Trinajstić information content (AvgIpc) is 2.66. The van der Waals surface area contributed by atoms with E-state index >= 15 is 0 Å². The minimum atomic E-state index is -0.444. The van der Waals surface area contributed by atoms with Crippen molar-refractivity contribution in [2.75, 3.05) is 20.8 Å². The SMILES string of the molecule is CCC(C)C(N)C(=O)NCCc1ccc(OC)c(OC)c1.O=CC1CCC1. The monoisotopic (exact) mass is 378 g/mol. The van der Waals surface area contributed by atoms with Crippen molar-refractivity contribution in [3.8, 4) is 11.5 Å². The van der Waals surface area contributed by atoms with E-state index in [1.165, 1.54) is 6.42 Å². The third kappa shape index (κ3) is 7.59. The zero-order valence-corrected chi connectivity index (χ0v) is 17.0. The molecule has 1 aromatic carbocycles. The lowest BCUT2D eigenvalue weighted by Gasteiger charge is -2.17. The number of rotatable bonds is 9. The summed E-state index contributed by atoms with van der Waals surface area (Å²) in [6.07, 6.45) is 6.23. The van der Waals surface area contributed by atoms with E-state index in [1.807, 2.05) is 32.0 Å². The van der Waals surface area contributed by atoms with Crippen LogP contribution in [-0.4, -0.2) is 39.0 Å². The van der Waals surface area contributed by atoms with Crippen LogP contribution in [0.3, 0.4) is 0 Å². The molecule has 1 saturated carbocycles. The molecule has 1 fully saturated rings. The van der Waals surface area contributed by atoms with Gasteiger partial charge in [0.05, 0.1) is 20.3 Å². The van der Waals surface area contributed by atoms with E-state index in [9.17, 15) is 9.59 Å². The van der Waals surface area contributed by atoms with E-state index in [2.05, 4.69) is 5.32 Å². The van der Waals surface area contributed by atoms with Gasteiger partial charge in [-0.3, -0.25) is 4.79 Å². The van der Waals surface area contributed by atoms with Gasteiger partial charge in [0.25, 0.3) is 0 Å². The van der Waals surface area contributed by atoms with Gasteiger partial charge in [-0.25, -0.2) is 0 Å². The Morgan fingerprint density at radius 1 is 1.30 bits per heavy atom. The second-order valence-corrected chi connectivity index (χ2v) is 6.97. The van der Waals surface area contributed by atoms with Crippen LogP contribution in [0.2, 0.25) is 0 Å². The number of hydrogen-bond donors (Lipinski definition) is 2. The fraction of sp³-hybridized carbons (Fsp3) is 0.619. The third-order valence-electron chi connectivity index (χ3n) is 5.06. The van der Waals surface area contributed by atoms with Gasteiger partial charge in [-0.2, -0.15) is 0 Å². The summed E-state index contributed by atoms with van der Waals surface area (Å²) in [7, 11) is 3.21. The molecule has 2 rings (SSSR count). The van der Waals surface area contributed by atoms with E-state index < -0.39 is 6.04 Å². The number of hydrogen-bond acceptors (Lipinski definition) is 5. The summed E-state index contributed by atoms with van der Waals surface area (Å²) in [5.41, 5.74) is 6.96. The first-order valence-corrected chi connectivity index (χ1v) is 9.66. The molecule has 1 amide bonds. The number of aldehydes is 1. The normalized spacial score (nSPS) is 15.4. The molecule has 6 nitrogen and oxygen atoms in total. The zero-order valence-electron chi connectivity index (χ0n) is 17.0. The number of ether oxygens (including phenoxy) is 2. The number of benzene rings is 1. The zero-order chi connectivity index (χ0) is 20.2. The minimum Gasteiger partial charge on any atom is -0.493 e. The summed E-state index contributed by atoms with van der Waals surface area (Å²) in [6, 6.07) is 5.29. The second-order valence-electron chi connectivity index (χ2n) is 6.97. The Morgan fingerprint density at radius 2 is 1.96 bits per heavy atom. The quantitative estimate of drug-likeness (QED) is 0.645. The van der Waals surface area contributed by atoms with Crippen LogP contribution >= 0.6 is 0 Å². The molecule has 2 atom stereocenters. The Bertz CT molecular complexity index is 588. The molecule has 6 heteroatoms. The standard InChI is InChI=1S/C16H26N2O3.C5H8O/c1-5-11(2)15(17)16(19)18-9-8-12-6-7-13(20-3)14(10-12)21-4;6-4-5-2-1-3-5/h6-7,10-11,15H,5,8-9,17H2,1-4H3,(H,18,19);4-5H,1-3H2. The minimum absolute atomic E-state index is 0.0928. The van der Waals surface area contributed by atoms with Crippen molar-refractivity contribution in [1.29, 1.82) is 0 Å². The second kappa shape index (κ2) is 12.3. The number of nitrogens with two attached hydrogens (primary N) is 1. The Labute approximate surface area is 162 Å². The fourth-order valence-corrected chi connectivity index (χ4v) is 2.57. The van der Waals surface area contributed by atoms with Crippen LogP contribution < -0.4 is 20.5 Å². The molecule has 1 aliphatic rings. The Balaban J connectivity index is 0.000000511. The largest absolute Gasteiger partial charge is 0.493 e. The molecule has 2 unspecified atom stereocenters. The van der Waals surface area contributed by atoms with Crippen LogP contribution in [0, 0.1) is 11.8 Å². The van der Waals surface area contributed by atoms with Crippen molar-refractivity contribution in [3.63, 3.8) is 0 Å². The molecule has 152 valence electrons. The van der Waals surface area contributed by atoms with E-state index in [1.54, 1.807) is 14.2 Å². The number of carbonyl (C=O) groups excluding carboxylic acids is 2. The highest BCUT2D eigenvalue weighted by atomic mass is 16.5. The van der Waals surface area contributed by atoms with Gasteiger partial charge in [0.15, 0.2) is 11.5 Å². The van der Waals surface area contributed by atoms with Crippen LogP contribution in [0.25, 0.3) is 0 Å². The first-order valence-electron chi connectivity index (χ1n) is 9.66. The summed E-state index contributed by atoms with van der Waals surface area (Å²) in [6.45, 7) is 4.57. The molecule has 27 heavy (non-hydrogen) atoms. The molecular weight excluding hydrogens is 344 g/mol. The van der Waals surface area contributed by atoms with Crippen molar-refractivity contribution in [3.05, 3.63) is 23.8 Å². The maximum Gasteiger partial charge on any atom is 0.237 e. The molecule has 0 bridgehead atoms. The van der Waals surface area contributed by atoms with Crippen LogP contribution in [0.5, 0.6) is 11.5 Å². The average molecular weight is 379 g/mol. The van der Waals surface area contributed by atoms with Crippen LogP contribution in [0.4, 0.5) is 0 Å². The molecule has 1 aromatic rings. The topological polar surface area (TPSA) is 90.7 Å². The molecule has 0 aliphatic heterocycles. The molecule has 0 aromatic heterocycles. The summed E-state index contributed by atoms with van der Waals surface area (Å²) >= 11 is 0. The highest BCUT2D eigenvalue weighted by Crippen LogP contribution is 2.27. The van der Waals surface area contributed by atoms with Gasteiger partial charge in [0.2, 0.25) is 5.91 Å². The van der Waals surface area contributed by atoms with Gasteiger partial charge >= 0.3 is 0 Å². The van der Waals surface area contributed by atoms with Crippen LogP contribution in [-0.2, 0) is 16.0 Å². The van der Waals surface area contributed by atoms with E-state index in [0.29, 0.717) is 24.0 Å². The molecule has 0 heterocycles. The lowest BCUT2D eigenvalue weighted by Crippen LogP contribution is -2.45. The molecule has 0 radical (unpaired) electrons. The van der Waals surface area contributed by atoms with Gasteiger partial charge in [-0.1, -0.05) is 32.8 Å². The van der Waals surface area contributed by atoms with Crippen molar-refractivity contribution < 1.29 is 19.1 Å². The lowest BCUT2D eigenvalue weighted by molar-refractivity contribution is -0.123. The van der Waals surface area contributed by atoms with Crippen LogP contribution in [0.15, 0.2) is 18.2 Å². The van der Waals surface area contributed by atoms with Crippen LogP contribution in [0.1, 0.15) is 45.1 Å². The molecule has 1 aliphatic carbocycles. The summed E-state index contributed by atoms with van der Waals surface area (Å²) in [4.78, 5) is 21.7. The third-order valence-corrected chi connectivity index (χ3v) is 5.06. The Kier molecular flexibility index (Phi) is 10.5. The van der Waals surface area contributed by atoms with Crippen molar-refractivity contribution in [2.24, 2.45) is 17.6 Å². The number of carbonyl (C=O) groups is 2. The Hall–Kier alpha value is -2.08. The van der Waals surface area contributed by atoms with Gasteiger partial charge in [-0.15, -0.1) is 0 Å². The highest BCUT2D eigenvalue weighted by molar-refractivity contribution is 5.81. The van der Waals surface area contributed by atoms with Gasteiger partial charge in [-0.05, 0) is 42.9 Å². The van der Waals surface area contributed by atoms with Crippen molar-refractivity contribution in [2.45, 2.75) is 52.0 Å². The first kappa shape index (κ1) is 23.0. The van der Waals surface area contributed by atoms with Crippen molar-refractivity contribution in [1.82, 2.24) is 5.32 Å². The smallest absolute Gasteiger partial charge is 0.237 e. The van der Waals surface area contributed by atoms with E-state index in [-0.39, 0.29) is 11.8 Å². The first-order chi connectivity index (χ1) is 13.0. The number of amides is 1. The molecule has 0 saturated heterocycles. The molecular formula is C21H34N2O4. The summed E-state index contributed by atoms with van der Waals surface area (Å²) in [5, 5.41) is 2.88. The predicted octanol–water partition coefficient (Wildman–Crippen LogP) is 2.72. The maximum absolute atomic E-state index is 11.9. The summed E-state index contributed by atoms with van der Waals surface area (Å²) < 4.78 is 10.4. The summed E-state index contributed by atoms with van der Waals surface area (Å²) in [5.74, 6) is 1.92. The van der Waals surface area contributed by atoms with E-state index in [4.69, 9.17) is 15.2 Å². The fourth-order valence-electron chi connectivity index (χ4n) is 2.57. The molecule has 0 spiro atoms. The van der Waals surface area contributed by atoms with Gasteiger partial charge in [0, 0.05) is 12.5 Å². The lowest BCUT2D eigenvalue weighted by atomic mass is 9.87. The van der Waals surface area contributed by atoms with E-state index in [0.717, 1.165) is 37.5 Å².